The lowest BCUT2D eigenvalue weighted by molar-refractivity contribution is 0.446. The molecule has 72 valence electrons. The lowest BCUT2D eigenvalue weighted by atomic mass is 9.87. The van der Waals surface area contributed by atoms with Crippen molar-refractivity contribution in [3.63, 3.8) is 0 Å². The Morgan fingerprint density at radius 2 is 2.15 bits per heavy atom. The Morgan fingerprint density at radius 3 is 2.85 bits per heavy atom. The van der Waals surface area contributed by atoms with E-state index in [-0.39, 0.29) is 0 Å². The molecule has 2 N–H and O–H groups in total. The molecule has 0 unspecified atom stereocenters. The first-order chi connectivity index (χ1) is 6.42. The summed E-state index contributed by atoms with van der Waals surface area (Å²) in [5.41, 5.74) is 6.94. The van der Waals surface area contributed by atoms with Gasteiger partial charge >= 0.3 is 0 Å². The van der Waals surface area contributed by atoms with E-state index < -0.39 is 0 Å². The van der Waals surface area contributed by atoms with E-state index in [1.807, 2.05) is 6.20 Å². The van der Waals surface area contributed by atoms with Crippen molar-refractivity contribution >= 4 is 11.5 Å². The first-order valence-electron chi connectivity index (χ1n) is 5.05. The van der Waals surface area contributed by atoms with E-state index in [0.29, 0.717) is 6.54 Å². The molecule has 13 heavy (non-hydrogen) atoms. The fourth-order valence-electron chi connectivity index (χ4n) is 2.12. The standard InChI is InChI=1S/C10H16N2S/c11-6-9-7-12-13-10(9)8-4-2-1-3-5-8/h7-8H,1-6,11H2. The summed E-state index contributed by atoms with van der Waals surface area (Å²) >= 11 is 1.65. The predicted molar refractivity (Wildman–Crippen MR) is 55.8 cm³/mol. The van der Waals surface area contributed by atoms with E-state index in [2.05, 4.69) is 4.37 Å². The molecule has 3 heteroatoms. The third-order valence-electron chi connectivity index (χ3n) is 2.87. The maximum Gasteiger partial charge on any atom is 0.0454 e. The number of hydrogen-bond acceptors (Lipinski definition) is 3. The molecule has 2 rings (SSSR count). The number of aromatic nitrogens is 1. The van der Waals surface area contributed by atoms with Gasteiger partial charge in [0.25, 0.3) is 0 Å². The number of rotatable bonds is 2. The van der Waals surface area contributed by atoms with Crippen molar-refractivity contribution in [3.05, 3.63) is 16.6 Å². The van der Waals surface area contributed by atoms with E-state index in [0.717, 1.165) is 5.92 Å². The average molecular weight is 196 g/mol. The molecule has 0 amide bonds. The fraction of sp³-hybridized carbons (Fsp3) is 0.700. The van der Waals surface area contributed by atoms with Gasteiger partial charge in [0, 0.05) is 17.6 Å². The van der Waals surface area contributed by atoms with Gasteiger partial charge in [0.05, 0.1) is 0 Å². The van der Waals surface area contributed by atoms with Crippen molar-refractivity contribution in [2.75, 3.05) is 0 Å². The molecule has 0 radical (unpaired) electrons. The number of hydrogen-bond donors (Lipinski definition) is 1. The van der Waals surface area contributed by atoms with Crippen LogP contribution in [-0.4, -0.2) is 4.37 Å². The minimum atomic E-state index is 0.655. The summed E-state index contributed by atoms with van der Waals surface area (Å²) in [6.07, 6.45) is 8.80. The van der Waals surface area contributed by atoms with Crippen LogP contribution in [0.2, 0.25) is 0 Å². The highest BCUT2D eigenvalue weighted by molar-refractivity contribution is 7.06. The third kappa shape index (κ3) is 1.92. The van der Waals surface area contributed by atoms with Gasteiger partial charge in [-0.3, -0.25) is 0 Å². The highest BCUT2D eigenvalue weighted by atomic mass is 32.1. The molecule has 1 saturated carbocycles. The quantitative estimate of drug-likeness (QED) is 0.789. The van der Waals surface area contributed by atoms with Crippen molar-refractivity contribution in [1.29, 1.82) is 0 Å². The highest BCUT2D eigenvalue weighted by Crippen LogP contribution is 2.36. The molecule has 1 heterocycles. The molecule has 0 aliphatic heterocycles. The summed E-state index contributed by atoms with van der Waals surface area (Å²) in [7, 11) is 0. The van der Waals surface area contributed by atoms with Crippen LogP contribution in [0.4, 0.5) is 0 Å². The molecule has 2 nitrogen and oxygen atoms in total. The van der Waals surface area contributed by atoms with Crippen LogP contribution in [0.15, 0.2) is 6.20 Å². The van der Waals surface area contributed by atoms with Crippen molar-refractivity contribution in [1.82, 2.24) is 4.37 Å². The first-order valence-corrected chi connectivity index (χ1v) is 5.82. The molecule has 1 aromatic heterocycles. The van der Waals surface area contributed by atoms with Gasteiger partial charge in [0.15, 0.2) is 0 Å². The highest BCUT2D eigenvalue weighted by Gasteiger charge is 2.19. The largest absolute Gasteiger partial charge is 0.326 e. The second-order valence-corrected chi connectivity index (χ2v) is 4.59. The average Bonchev–Trinajstić information content (AvgIpc) is 2.67. The van der Waals surface area contributed by atoms with Crippen LogP contribution >= 0.6 is 11.5 Å². The van der Waals surface area contributed by atoms with E-state index in [4.69, 9.17) is 5.73 Å². The van der Waals surface area contributed by atoms with Crippen molar-refractivity contribution in [2.24, 2.45) is 5.73 Å². The summed E-state index contributed by atoms with van der Waals surface area (Å²) in [6.45, 7) is 0.655. The fourth-order valence-corrected chi connectivity index (χ4v) is 3.06. The van der Waals surface area contributed by atoms with Gasteiger partial charge in [-0.25, -0.2) is 4.37 Å². The van der Waals surface area contributed by atoms with Gasteiger partial charge in [-0.15, -0.1) is 0 Å². The zero-order chi connectivity index (χ0) is 9.10. The lowest BCUT2D eigenvalue weighted by Crippen LogP contribution is -2.06. The lowest BCUT2D eigenvalue weighted by Gasteiger charge is -2.20. The molecule has 0 aromatic carbocycles. The van der Waals surface area contributed by atoms with Gasteiger partial charge in [0.1, 0.15) is 0 Å². The van der Waals surface area contributed by atoms with E-state index >= 15 is 0 Å². The Hall–Kier alpha value is -0.410. The van der Waals surface area contributed by atoms with Gasteiger partial charge < -0.3 is 5.73 Å². The normalized spacial score (nSPS) is 19.2. The Kier molecular flexibility index (Phi) is 2.96. The van der Waals surface area contributed by atoms with Crippen LogP contribution in [-0.2, 0) is 6.54 Å². The van der Waals surface area contributed by atoms with Gasteiger partial charge in [0.2, 0.25) is 0 Å². The minimum absolute atomic E-state index is 0.655. The van der Waals surface area contributed by atoms with E-state index in [9.17, 15) is 0 Å². The SMILES string of the molecule is NCc1cnsc1C1CCCCC1. The topological polar surface area (TPSA) is 38.9 Å². The monoisotopic (exact) mass is 196 g/mol. The molecule has 0 atom stereocenters. The van der Waals surface area contributed by atoms with Crippen LogP contribution in [0.5, 0.6) is 0 Å². The van der Waals surface area contributed by atoms with Crippen LogP contribution in [0.3, 0.4) is 0 Å². The van der Waals surface area contributed by atoms with E-state index in [1.165, 1.54) is 42.5 Å². The second-order valence-electron chi connectivity index (χ2n) is 3.75. The van der Waals surface area contributed by atoms with Crippen LogP contribution in [0.1, 0.15) is 48.5 Å². The van der Waals surface area contributed by atoms with Gasteiger partial charge in [-0.2, -0.15) is 0 Å². The van der Waals surface area contributed by atoms with Crippen molar-refractivity contribution < 1.29 is 0 Å². The van der Waals surface area contributed by atoms with Gasteiger partial charge in [-0.1, -0.05) is 19.3 Å². The Labute approximate surface area is 83.3 Å². The second kappa shape index (κ2) is 4.20. The Morgan fingerprint density at radius 1 is 1.38 bits per heavy atom. The van der Waals surface area contributed by atoms with Crippen LogP contribution in [0, 0.1) is 0 Å². The summed E-state index contributed by atoms with van der Waals surface area (Å²) in [5, 5.41) is 0. The minimum Gasteiger partial charge on any atom is -0.326 e. The molecule has 0 saturated heterocycles. The predicted octanol–water partition coefficient (Wildman–Crippen LogP) is 2.65. The number of nitrogens with two attached hydrogens (primary N) is 1. The zero-order valence-electron chi connectivity index (χ0n) is 7.83. The molecular formula is C10H16N2S. The molecule has 0 spiro atoms. The van der Waals surface area contributed by atoms with Crippen LogP contribution in [0.25, 0.3) is 0 Å². The molecule has 1 aliphatic rings. The Balaban J connectivity index is 2.13. The molecule has 0 bridgehead atoms. The first kappa shape index (κ1) is 9.16. The third-order valence-corrected chi connectivity index (χ3v) is 3.87. The van der Waals surface area contributed by atoms with Gasteiger partial charge in [-0.05, 0) is 35.9 Å². The summed E-state index contributed by atoms with van der Waals surface area (Å²) in [6, 6.07) is 0. The maximum absolute atomic E-state index is 5.67. The molecular weight excluding hydrogens is 180 g/mol. The van der Waals surface area contributed by atoms with Crippen LogP contribution < -0.4 is 5.73 Å². The maximum atomic E-state index is 5.67. The van der Waals surface area contributed by atoms with Crippen molar-refractivity contribution in [2.45, 2.75) is 44.6 Å². The molecule has 1 fully saturated rings. The smallest absolute Gasteiger partial charge is 0.0454 e. The van der Waals surface area contributed by atoms with Crippen molar-refractivity contribution in [3.8, 4) is 0 Å². The zero-order valence-corrected chi connectivity index (χ0v) is 8.65. The Bertz CT molecular complexity index is 264. The molecule has 1 aliphatic carbocycles. The molecule has 1 aromatic rings. The summed E-state index contributed by atoms with van der Waals surface area (Å²) in [5.74, 6) is 0.764. The number of nitrogens with zero attached hydrogens (tertiary/aromatic N) is 1. The summed E-state index contributed by atoms with van der Waals surface area (Å²) < 4.78 is 4.23. The summed E-state index contributed by atoms with van der Waals surface area (Å²) in [4.78, 5) is 1.46. The van der Waals surface area contributed by atoms with E-state index in [1.54, 1.807) is 11.5 Å².